The smallest absolute Gasteiger partial charge is 0.262 e. The maximum absolute atomic E-state index is 13.3. The van der Waals surface area contributed by atoms with E-state index in [9.17, 15) is 19.2 Å². The van der Waals surface area contributed by atoms with Gasteiger partial charge in [-0.25, -0.2) is 0 Å². The zero-order valence-corrected chi connectivity index (χ0v) is 32.7. The van der Waals surface area contributed by atoms with Gasteiger partial charge < -0.3 is 9.64 Å². The van der Waals surface area contributed by atoms with E-state index < -0.39 is 23.8 Å². The van der Waals surface area contributed by atoms with Gasteiger partial charge in [0.1, 0.15) is 18.4 Å². The van der Waals surface area contributed by atoms with Gasteiger partial charge in [0, 0.05) is 51.4 Å². The number of fused-ring (bicyclic) bond motifs is 1. The number of hydrogen-bond acceptors (Lipinski definition) is 8. The SMILES string of the molecule is CCC(=C(c1ccccc1)c1ccc(OCCN2CCC(CN3CCN(c4ccc5c(c4)C(=O)N(C4CCC(=O)NC4=O)C5=O)CC3)CC2)cc1)c1ccccc1. The lowest BCUT2D eigenvalue weighted by Gasteiger charge is -2.39. The molecule has 10 nitrogen and oxygen atoms in total. The van der Waals surface area contributed by atoms with E-state index in [4.69, 9.17) is 4.74 Å². The predicted molar refractivity (Wildman–Crippen MR) is 222 cm³/mol. The van der Waals surface area contributed by atoms with Crippen LogP contribution in [0.4, 0.5) is 5.69 Å². The minimum Gasteiger partial charge on any atom is -0.492 e. The molecule has 4 aromatic rings. The second-order valence-electron chi connectivity index (χ2n) is 15.6. The molecule has 3 fully saturated rings. The number of carbonyl (C=O) groups is 4. The molecule has 294 valence electrons. The summed E-state index contributed by atoms with van der Waals surface area (Å²) in [4.78, 5) is 58.9. The van der Waals surface area contributed by atoms with E-state index in [1.165, 1.54) is 40.7 Å². The Kier molecular flexibility index (Phi) is 11.6. The number of nitrogens with one attached hydrogen (secondary N) is 1. The second-order valence-corrected chi connectivity index (χ2v) is 15.6. The zero-order valence-electron chi connectivity index (χ0n) is 32.7. The summed E-state index contributed by atoms with van der Waals surface area (Å²) >= 11 is 0. The van der Waals surface area contributed by atoms with Gasteiger partial charge in [-0.3, -0.25) is 39.2 Å². The summed E-state index contributed by atoms with van der Waals surface area (Å²) in [6, 6.07) is 34.3. The van der Waals surface area contributed by atoms with Gasteiger partial charge in [0.2, 0.25) is 11.8 Å². The van der Waals surface area contributed by atoms with Crippen molar-refractivity contribution >= 4 is 40.5 Å². The normalized spacial score (nSPS) is 20.1. The summed E-state index contributed by atoms with van der Waals surface area (Å²) in [5.74, 6) is -0.347. The fourth-order valence-corrected chi connectivity index (χ4v) is 8.90. The molecule has 1 atom stereocenters. The van der Waals surface area contributed by atoms with Crippen LogP contribution in [0.1, 0.15) is 76.4 Å². The number of piperidine rings is 2. The lowest BCUT2D eigenvalue weighted by atomic mass is 9.88. The first-order valence-electron chi connectivity index (χ1n) is 20.5. The van der Waals surface area contributed by atoms with Gasteiger partial charge in [-0.2, -0.15) is 0 Å². The molecule has 1 N–H and O–H groups in total. The lowest BCUT2D eigenvalue weighted by Crippen LogP contribution is -2.54. The topological polar surface area (TPSA) is 102 Å². The van der Waals surface area contributed by atoms with Crippen molar-refractivity contribution in [1.82, 2.24) is 20.0 Å². The molecule has 0 bridgehead atoms. The van der Waals surface area contributed by atoms with Crippen LogP contribution in [0.2, 0.25) is 0 Å². The van der Waals surface area contributed by atoms with E-state index in [1.54, 1.807) is 12.1 Å². The highest BCUT2D eigenvalue weighted by molar-refractivity contribution is 6.23. The molecule has 4 heterocycles. The Labute approximate surface area is 335 Å². The van der Waals surface area contributed by atoms with Crippen LogP contribution in [0, 0.1) is 5.92 Å². The van der Waals surface area contributed by atoms with Gasteiger partial charge in [0.25, 0.3) is 11.8 Å². The Morgan fingerprint density at radius 1 is 0.684 bits per heavy atom. The summed E-state index contributed by atoms with van der Waals surface area (Å²) in [5.41, 5.74) is 7.80. The van der Waals surface area contributed by atoms with E-state index in [0.717, 1.165) is 75.1 Å². The number of ether oxygens (including phenoxy) is 1. The molecule has 1 unspecified atom stereocenters. The Morgan fingerprint density at radius 2 is 1.33 bits per heavy atom. The lowest BCUT2D eigenvalue weighted by molar-refractivity contribution is -0.136. The van der Waals surface area contributed by atoms with Gasteiger partial charge in [0.05, 0.1) is 11.1 Å². The number of allylic oxidation sites excluding steroid dienone is 1. The molecule has 0 saturated carbocycles. The first-order chi connectivity index (χ1) is 27.9. The molecular formula is C47H51N5O5. The minimum atomic E-state index is -0.956. The number of likely N-dealkylation sites (tertiary alicyclic amines) is 1. The summed E-state index contributed by atoms with van der Waals surface area (Å²) in [6.45, 7) is 10.6. The first-order valence-corrected chi connectivity index (χ1v) is 20.5. The van der Waals surface area contributed by atoms with Crippen molar-refractivity contribution in [2.75, 3.05) is 63.9 Å². The highest BCUT2D eigenvalue weighted by atomic mass is 16.5. The number of benzene rings is 4. The van der Waals surface area contributed by atoms with Crippen molar-refractivity contribution in [3.05, 3.63) is 131 Å². The van der Waals surface area contributed by atoms with Gasteiger partial charge >= 0.3 is 0 Å². The molecule has 0 spiro atoms. The number of rotatable bonds is 12. The van der Waals surface area contributed by atoms with Crippen molar-refractivity contribution < 1.29 is 23.9 Å². The first kappa shape index (κ1) is 38.3. The largest absolute Gasteiger partial charge is 0.492 e. The molecular weight excluding hydrogens is 715 g/mol. The molecule has 4 aromatic carbocycles. The summed E-state index contributed by atoms with van der Waals surface area (Å²) in [5, 5.41) is 2.26. The number of nitrogens with zero attached hydrogens (tertiary/aromatic N) is 4. The molecule has 4 aliphatic rings. The van der Waals surface area contributed by atoms with Gasteiger partial charge in [-0.15, -0.1) is 0 Å². The van der Waals surface area contributed by atoms with Gasteiger partial charge in [0.15, 0.2) is 0 Å². The summed E-state index contributed by atoms with van der Waals surface area (Å²) < 4.78 is 6.26. The van der Waals surface area contributed by atoms with Crippen molar-refractivity contribution in [2.24, 2.45) is 5.92 Å². The van der Waals surface area contributed by atoms with E-state index in [2.05, 4.69) is 112 Å². The third-order valence-corrected chi connectivity index (χ3v) is 12.0. The molecule has 0 aliphatic carbocycles. The highest BCUT2D eigenvalue weighted by Gasteiger charge is 2.44. The predicted octanol–water partition coefficient (Wildman–Crippen LogP) is 6.37. The molecule has 3 saturated heterocycles. The zero-order chi connectivity index (χ0) is 39.3. The maximum atomic E-state index is 13.3. The van der Waals surface area contributed by atoms with Crippen molar-refractivity contribution in [2.45, 2.75) is 45.1 Å². The average molecular weight is 766 g/mol. The second kappa shape index (κ2) is 17.3. The third kappa shape index (κ3) is 8.43. The van der Waals surface area contributed by atoms with Crippen molar-refractivity contribution in [1.29, 1.82) is 0 Å². The fourth-order valence-electron chi connectivity index (χ4n) is 8.90. The van der Waals surface area contributed by atoms with Gasteiger partial charge in [-0.1, -0.05) is 79.7 Å². The average Bonchev–Trinajstić information content (AvgIpc) is 3.49. The molecule has 10 heteroatoms. The fraction of sp³-hybridized carbons (Fsp3) is 0.362. The molecule has 8 rings (SSSR count). The van der Waals surface area contributed by atoms with Gasteiger partial charge in [-0.05, 0) is 103 Å². The number of anilines is 1. The highest BCUT2D eigenvalue weighted by Crippen LogP contribution is 2.35. The molecule has 0 aromatic heterocycles. The molecule has 0 radical (unpaired) electrons. The van der Waals surface area contributed by atoms with Crippen molar-refractivity contribution in [3.8, 4) is 5.75 Å². The summed E-state index contributed by atoms with van der Waals surface area (Å²) in [6.07, 6.45) is 3.54. The maximum Gasteiger partial charge on any atom is 0.262 e. The summed E-state index contributed by atoms with van der Waals surface area (Å²) in [7, 11) is 0. The quantitative estimate of drug-likeness (QED) is 0.131. The van der Waals surface area contributed by atoms with Crippen LogP contribution < -0.4 is 15.0 Å². The molecule has 4 amide bonds. The Balaban J connectivity index is 0.783. The molecule has 57 heavy (non-hydrogen) atoms. The van der Waals surface area contributed by atoms with Crippen LogP contribution in [0.25, 0.3) is 11.1 Å². The van der Waals surface area contributed by atoms with Crippen LogP contribution in [0.5, 0.6) is 5.75 Å². The van der Waals surface area contributed by atoms with E-state index in [1.807, 2.05) is 6.07 Å². The van der Waals surface area contributed by atoms with Crippen LogP contribution in [-0.4, -0.2) is 103 Å². The standard InChI is InChI=1S/C47H51N5O5/c1-2-39(34-9-5-3-6-10-34)44(35-11-7-4-8-12-35)36-13-16-38(17-14-36)57-30-29-49-23-21-33(22-24-49)32-50-25-27-51(28-26-50)37-15-18-40-41(31-37)47(56)52(46(40)55)42-19-20-43(53)48-45(42)54/h3-18,31,33,42H,2,19-30,32H2,1H3,(H,48,53,54). The monoisotopic (exact) mass is 765 g/mol. The van der Waals surface area contributed by atoms with Crippen LogP contribution in [0.15, 0.2) is 103 Å². The van der Waals surface area contributed by atoms with Crippen molar-refractivity contribution in [3.63, 3.8) is 0 Å². The Bertz CT molecular complexity index is 2120. The Morgan fingerprint density at radius 3 is 2.00 bits per heavy atom. The third-order valence-electron chi connectivity index (χ3n) is 12.0. The molecule has 4 aliphatic heterocycles. The van der Waals surface area contributed by atoms with Crippen LogP contribution >= 0.6 is 0 Å². The van der Waals surface area contributed by atoms with E-state index >= 15 is 0 Å². The number of amides is 4. The van der Waals surface area contributed by atoms with Crippen LogP contribution in [0.3, 0.4) is 0 Å². The minimum absolute atomic E-state index is 0.106. The number of hydrogen-bond donors (Lipinski definition) is 1. The number of imide groups is 2. The van der Waals surface area contributed by atoms with E-state index in [0.29, 0.717) is 23.7 Å². The Hall–Kier alpha value is -5.58. The number of piperazine rings is 1. The number of carbonyl (C=O) groups excluding carboxylic acids is 4. The van der Waals surface area contributed by atoms with E-state index in [-0.39, 0.29) is 18.7 Å². The van der Waals surface area contributed by atoms with Crippen LogP contribution in [-0.2, 0) is 9.59 Å².